The third-order valence-corrected chi connectivity index (χ3v) is 3.17. The van der Waals surface area contributed by atoms with Crippen molar-refractivity contribution in [2.24, 2.45) is 5.92 Å². The topological polar surface area (TPSA) is 34.3 Å². The van der Waals surface area contributed by atoms with Crippen LogP contribution < -0.4 is 0 Å². The van der Waals surface area contributed by atoms with E-state index in [1.165, 1.54) is 17.8 Å². The molecule has 0 spiro atoms. The van der Waals surface area contributed by atoms with Crippen LogP contribution in [0.4, 0.5) is 0 Å². The van der Waals surface area contributed by atoms with Gasteiger partial charge in [0.15, 0.2) is 0 Å². The summed E-state index contributed by atoms with van der Waals surface area (Å²) < 4.78 is 15.0. The standard InChI is InChI=1S/C6H10O2S.C6H12O/c1-5(7-1)3-9-4-6-2-8-6;1-4-7-5-6(2)3/h5-6H,1-4H2;4,6H,1,5H2,2-3H3. The molecule has 2 aliphatic rings. The Bertz CT molecular complexity index is 177. The van der Waals surface area contributed by atoms with Gasteiger partial charge in [0, 0.05) is 11.5 Å². The molecule has 0 aromatic carbocycles. The second-order valence-corrected chi connectivity index (χ2v) is 5.42. The molecule has 2 aliphatic heterocycles. The van der Waals surface area contributed by atoms with E-state index >= 15 is 0 Å². The normalized spacial score (nSPS) is 25.7. The lowest BCUT2D eigenvalue weighted by molar-refractivity contribution is 0.212. The van der Waals surface area contributed by atoms with Crippen molar-refractivity contribution >= 4 is 11.8 Å². The molecule has 0 N–H and O–H groups in total. The fraction of sp³-hybridized carbons (Fsp3) is 0.833. The van der Waals surface area contributed by atoms with E-state index in [4.69, 9.17) is 14.2 Å². The Hall–Kier alpha value is -0.190. The molecule has 0 aliphatic carbocycles. The first-order valence-electron chi connectivity index (χ1n) is 5.75. The van der Waals surface area contributed by atoms with Crippen molar-refractivity contribution in [3.63, 3.8) is 0 Å². The predicted molar refractivity (Wildman–Crippen MR) is 67.8 cm³/mol. The van der Waals surface area contributed by atoms with Gasteiger partial charge < -0.3 is 14.2 Å². The van der Waals surface area contributed by atoms with Crippen LogP contribution in [-0.4, -0.2) is 43.5 Å². The smallest absolute Gasteiger partial charge is 0.0900 e. The Morgan fingerprint density at radius 3 is 2.06 bits per heavy atom. The Balaban J connectivity index is 0.000000168. The van der Waals surface area contributed by atoms with Gasteiger partial charge in [-0.15, -0.1) is 0 Å². The minimum atomic E-state index is 0.578. The van der Waals surface area contributed by atoms with Gasteiger partial charge in [0.2, 0.25) is 0 Å². The van der Waals surface area contributed by atoms with Crippen molar-refractivity contribution in [3.8, 4) is 0 Å². The van der Waals surface area contributed by atoms with Crippen LogP contribution in [0.25, 0.3) is 0 Å². The second kappa shape index (κ2) is 7.98. The molecule has 0 bridgehead atoms. The van der Waals surface area contributed by atoms with Gasteiger partial charge in [-0.2, -0.15) is 11.8 Å². The molecule has 2 heterocycles. The zero-order valence-corrected chi connectivity index (χ0v) is 11.0. The third kappa shape index (κ3) is 9.07. The van der Waals surface area contributed by atoms with Gasteiger partial charge in [0.25, 0.3) is 0 Å². The van der Waals surface area contributed by atoms with Gasteiger partial charge in [0.1, 0.15) is 0 Å². The van der Waals surface area contributed by atoms with Gasteiger partial charge in [-0.3, -0.25) is 0 Å². The van der Waals surface area contributed by atoms with E-state index in [-0.39, 0.29) is 0 Å². The Kier molecular flexibility index (Phi) is 6.92. The van der Waals surface area contributed by atoms with Crippen molar-refractivity contribution < 1.29 is 14.2 Å². The Morgan fingerprint density at radius 1 is 1.31 bits per heavy atom. The van der Waals surface area contributed by atoms with Gasteiger partial charge in [-0.25, -0.2) is 0 Å². The summed E-state index contributed by atoms with van der Waals surface area (Å²) in [5.74, 6) is 2.94. The number of ether oxygens (including phenoxy) is 3. The molecule has 2 unspecified atom stereocenters. The van der Waals surface area contributed by atoms with Crippen LogP contribution >= 0.6 is 11.8 Å². The van der Waals surface area contributed by atoms with Crippen LogP contribution in [0.5, 0.6) is 0 Å². The summed E-state index contributed by atoms with van der Waals surface area (Å²) >= 11 is 1.94. The SMILES string of the molecule is C1OC1CSCC1CO1.C=COCC(C)C. The van der Waals surface area contributed by atoms with Crippen molar-refractivity contribution in [2.75, 3.05) is 31.3 Å². The molecule has 2 saturated heterocycles. The van der Waals surface area contributed by atoms with Crippen LogP contribution in [0.1, 0.15) is 13.8 Å². The van der Waals surface area contributed by atoms with Crippen LogP contribution in [0.15, 0.2) is 12.8 Å². The Morgan fingerprint density at radius 2 is 1.81 bits per heavy atom. The van der Waals surface area contributed by atoms with Crippen molar-refractivity contribution in [2.45, 2.75) is 26.1 Å². The predicted octanol–water partition coefficient (Wildman–Crippen LogP) is 2.32. The highest BCUT2D eigenvalue weighted by molar-refractivity contribution is 7.99. The molecule has 2 fully saturated rings. The molecule has 0 radical (unpaired) electrons. The van der Waals surface area contributed by atoms with E-state index < -0.39 is 0 Å². The number of hydrogen-bond acceptors (Lipinski definition) is 4. The quantitative estimate of drug-likeness (QED) is 0.510. The highest BCUT2D eigenvalue weighted by Gasteiger charge is 2.26. The number of rotatable bonds is 7. The van der Waals surface area contributed by atoms with Crippen molar-refractivity contribution in [1.82, 2.24) is 0 Å². The summed E-state index contributed by atoms with van der Waals surface area (Å²) in [6.45, 7) is 10.4. The average Bonchev–Trinajstić information content (AvgIpc) is 3.09. The van der Waals surface area contributed by atoms with Gasteiger partial charge in [0.05, 0.1) is 38.3 Å². The van der Waals surface area contributed by atoms with Crippen LogP contribution in [0.2, 0.25) is 0 Å². The second-order valence-electron chi connectivity index (χ2n) is 4.34. The van der Waals surface area contributed by atoms with Crippen molar-refractivity contribution in [1.29, 1.82) is 0 Å². The summed E-state index contributed by atoms with van der Waals surface area (Å²) in [7, 11) is 0. The summed E-state index contributed by atoms with van der Waals surface area (Å²) in [5, 5.41) is 0. The maximum Gasteiger partial charge on any atom is 0.0900 e. The van der Waals surface area contributed by atoms with Gasteiger partial charge in [-0.1, -0.05) is 20.4 Å². The van der Waals surface area contributed by atoms with Crippen LogP contribution in [-0.2, 0) is 14.2 Å². The lowest BCUT2D eigenvalue weighted by Crippen LogP contribution is -1.95. The number of epoxide rings is 2. The van der Waals surface area contributed by atoms with E-state index in [0.29, 0.717) is 18.1 Å². The van der Waals surface area contributed by atoms with E-state index in [1.54, 1.807) is 0 Å². The number of thioether (sulfide) groups is 1. The maximum atomic E-state index is 5.05. The van der Waals surface area contributed by atoms with Gasteiger partial charge in [-0.05, 0) is 5.92 Å². The lowest BCUT2D eigenvalue weighted by atomic mass is 10.2. The molecule has 3 nitrogen and oxygen atoms in total. The Labute approximate surface area is 103 Å². The van der Waals surface area contributed by atoms with Crippen molar-refractivity contribution in [3.05, 3.63) is 12.8 Å². The first-order valence-corrected chi connectivity index (χ1v) is 6.91. The van der Waals surface area contributed by atoms with Gasteiger partial charge >= 0.3 is 0 Å². The molecule has 0 amide bonds. The average molecular weight is 246 g/mol. The van der Waals surface area contributed by atoms with E-state index in [9.17, 15) is 0 Å². The summed E-state index contributed by atoms with van der Waals surface area (Å²) in [4.78, 5) is 0. The van der Waals surface area contributed by atoms with E-state index in [0.717, 1.165) is 19.8 Å². The lowest BCUT2D eigenvalue weighted by Gasteiger charge is -2.00. The molecule has 2 rings (SSSR count). The first kappa shape index (κ1) is 13.9. The highest BCUT2D eigenvalue weighted by atomic mass is 32.2. The number of hydrogen-bond donors (Lipinski definition) is 0. The van der Waals surface area contributed by atoms with E-state index in [1.807, 2.05) is 11.8 Å². The largest absolute Gasteiger partial charge is 0.502 e. The fourth-order valence-electron chi connectivity index (χ4n) is 0.920. The summed E-state index contributed by atoms with van der Waals surface area (Å²) in [6.07, 6.45) is 2.63. The molecule has 0 aromatic rings. The summed E-state index contributed by atoms with van der Waals surface area (Å²) in [5.41, 5.74) is 0. The molecule has 2 atom stereocenters. The summed E-state index contributed by atoms with van der Waals surface area (Å²) in [6, 6.07) is 0. The van der Waals surface area contributed by atoms with Crippen LogP contribution in [0.3, 0.4) is 0 Å². The molecule has 94 valence electrons. The minimum absolute atomic E-state index is 0.578. The monoisotopic (exact) mass is 246 g/mol. The maximum absolute atomic E-state index is 5.05. The first-order chi connectivity index (χ1) is 7.72. The van der Waals surface area contributed by atoms with Crippen LogP contribution in [0, 0.1) is 5.92 Å². The molecule has 0 aromatic heterocycles. The molecular formula is C12H22O3S. The minimum Gasteiger partial charge on any atom is -0.502 e. The zero-order chi connectivity index (χ0) is 11.8. The molecule has 4 heteroatoms. The third-order valence-electron chi connectivity index (χ3n) is 1.96. The molecule has 0 saturated carbocycles. The molecule has 16 heavy (non-hydrogen) atoms. The fourth-order valence-corrected chi connectivity index (χ4v) is 1.97. The zero-order valence-electron chi connectivity index (χ0n) is 10.2. The molecular weight excluding hydrogens is 224 g/mol. The highest BCUT2D eigenvalue weighted by Crippen LogP contribution is 2.20. The van der Waals surface area contributed by atoms with E-state index in [2.05, 4.69) is 20.4 Å².